The monoisotopic (exact) mass is 336 g/mol. The number of anilines is 1. The van der Waals surface area contributed by atoms with Crippen molar-refractivity contribution >= 4 is 40.8 Å². The topological polar surface area (TPSA) is 87.1 Å². The number of nitrogens with zero attached hydrogens (tertiary/aromatic N) is 2. The molecule has 0 amide bonds. The first-order chi connectivity index (χ1) is 10.5. The van der Waals surface area contributed by atoms with Gasteiger partial charge in [-0.05, 0) is 36.0 Å². The van der Waals surface area contributed by atoms with Gasteiger partial charge in [0.05, 0.1) is 12.5 Å². The minimum Gasteiger partial charge on any atom is -0.481 e. The van der Waals surface area contributed by atoms with Gasteiger partial charge in [-0.1, -0.05) is 23.7 Å². The third-order valence-corrected chi connectivity index (χ3v) is 3.18. The Labute approximate surface area is 137 Å². The standard InChI is InChI=1S/C14H13ClN4O2S/c15-10-4-1-3-9(7-10)11(8-12(20)21)18-14(22)19-13-16-5-2-6-17-13/h1-7,11H,8H2,(H,20,21)(H2,16,17,18,19,22). The minimum absolute atomic E-state index is 0.141. The highest BCUT2D eigenvalue weighted by Gasteiger charge is 2.17. The molecule has 0 radical (unpaired) electrons. The van der Waals surface area contributed by atoms with Gasteiger partial charge < -0.3 is 15.7 Å². The van der Waals surface area contributed by atoms with Gasteiger partial charge >= 0.3 is 5.97 Å². The Morgan fingerprint density at radius 1 is 1.32 bits per heavy atom. The number of hydrogen-bond donors (Lipinski definition) is 3. The number of aromatic nitrogens is 2. The van der Waals surface area contributed by atoms with Crippen molar-refractivity contribution in [3.63, 3.8) is 0 Å². The minimum atomic E-state index is -0.948. The van der Waals surface area contributed by atoms with Crippen LogP contribution < -0.4 is 10.6 Å². The largest absolute Gasteiger partial charge is 0.481 e. The van der Waals surface area contributed by atoms with Crippen LogP contribution >= 0.6 is 23.8 Å². The molecular formula is C14H13ClN4O2S. The summed E-state index contributed by atoms with van der Waals surface area (Å²) < 4.78 is 0. The molecule has 1 heterocycles. The number of nitrogens with one attached hydrogen (secondary N) is 2. The maximum Gasteiger partial charge on any atom is 0.305 e. The predicted molar refractivity (Wildman–Crippen MR) is 87.8 cm³/mol. The normalized spacial score (nSPS) is 11.5. The first-order valence-electron chi connectivity index (χ1n) is 6.36. The third-order valence-electron chi connectivity index (χ3n) is 2.73. The Bertz CT molecular complexity index is 669. The van der Waals surface area contributed by atoms with Gasteiger partial charge in [0.2, 0.25) is 5.95 Å². The second kappa shape index (κ2) is 7.67. The fourth-order valence-electron chi connectivity index (χ4n) is 1.81. The summed E-state index contributed by atoms with van der Waals surface area (Å²) >= 11 is 11.1. The van der Waals surface area contributed by atoms with Gasteiger partial charge in [0, 0.05) is 17.4 Å². The number of aliphatic carboxylic acids is 1. The quantitative estimate of drug-likeness (QED) is 0.723. The summed E-state index contributed by atoms with van der Waals surface area (Å²) in [5.74, 6) is -0.614. The SMILES string of the molecule is O=C(O)CC(NC(=S)Nc1ncccn1)c1cccc(Cl)c1. The molecule has 0 aliphatic carbocycles. The van der Waals surface area contributed by atoms with E-state index in [9.17, 15) is 4.79 Å². The number of carbonyl (C=O) groups is 1. The van der Waals surface area contributed by atoms with Crippen LogP contribution in [-0.4, -0.2) is 26.2 Å². The van der Waals surface area contributed by atoms with Crippen LogP contribution in [0.15, 0.2) is 42.7 Å². The highest BCUT2D eigenvalue weighted by molar-refractivity contribution is 7.80. The van der Waals surface area contributed by atoms with Crippen molar-refractivity contribution < 1.29 is 9.90 Å². The molecule has 2 aromatic rings. The molecule has 0 saturated heterocycles. The van der Waals surface area contributed by atoms with E-state index in [2.05, 4.69) is 20.6 Å². The molecule has 114 valence electrons. The molecule has 3 N–H and O–H groups in total. The predicted octanol–water partition coefficient (Wildman–Crippen LogP) is 2.63. The van der Waals surface area contributed by atoms with Gasteiger partial charge in [-0.2, -0.15) is 0 Å². The summed E-state index contributed by atoms with van der Waals surface area (Å²) in [4.78, 5) is 19.0. The molecule has 0 aliphatic rings. The molecule has 6 nitrogen and oxygen atoms in total. The van der Waals surface area contributed by atoms with Crippen LogP contribution in [0.4, 0.5) is 5.95 Å². The van der Waals surface area contributed by atoms with Gasteiger partial charge in [0.1, 0.15) is 0 Å². The van der Waals surface area contributed by atoms with Gasteiger partial charge in [0.25, 0.3) is 0 Å². The Morgan fingerprint density at radius 2 is 2.05 bits per heavy atom. The van der Waals surface area contributed by atoms with Crippen LogP contribution in [0.1, 0.15) is 18.0 Å². The lowest BCUT2D eigenvalue weighted by Crippen LogP contribution is -2.34. The van der Waals surface area contributed by atoms with E-state index >= 15 is 0 Å². The van der Waals surface area contributed by atoms with Crippen molar-refractivity contribution in [2.75, 3.05) is 5.32 Å². The molecule has 2 rings (SSSR count). The van der Waals surface area contributed by atoms with E-state index in [0.29, 0.717) is 11.0 Å². The van der Waals surface area contributed by atoms with Crippen molar-refractivity contribution in [2.45, 2.75) is 12.5 Å². The average Bonchev–Trinajstić information content (AvgIpc) is 2.47. The summed E-state index contributed by atoms with van der Waals surface area (Å²) in [6, 6.07) is 8.13. The van der Waals surface area contributed by atoms with Crippen molar-refractivity contribution in [1.82, 2.24) is 15.3 Å². The number of carboxylic acid groups (broad SMARTS) is 1. The van der Waals surface area contributed by atoms with Crippen LogP contribution in [0.3, 0.4) is 0 Å². The Balaban J connectivity index is 2.09. The van der Waals surface area contributed by atoms with Crippen molar-refractivity contribution in [3.8, 4) is 0 Å². The van der Waals surface area contributed by atoms with E-state index in [0.717, 1.165) is 5.56 Å². The fraction of sp³-hybridized carbons (Fsp3) is 0.143. The summed E-state index contributed by atoms with van der Waals surface area (Å²) in [6.45, 7) is 0. The van der Waals surface area contributed by atoms with Crippen molar-refractivity contribution in [1.29, 1.82) is 0 Å². The lowest BCUT2D eigenvalue weighted by atomic mass is 10.0. The zero-order valence-corrected chi connectivity index (χ0v) is 12.9. The summed E-state index contributed by atoms with van der Waals surface area (Å²) in [6.07, 6.45) is 3.01. The summed E-state index contributed by atoms with van der Waals surface area (Å²) in [7, 11) is 0. The second-order valence-electron chi connectivity index (χ2n) is 4.38. The van der Waals surface area contributed by atoms with Crippen LogP contribution in [0.5, 0.6) is 0 Å². The van der Waals surface area contributed by atoms with Crippen LogP contribution in [0.2, 0.25) is 5.02 Å². The Hall–Kier alpha value is -2.25. The van der Waals surface area contributed by atoms with E-state index in [1.807, 2.05) is 0 Å². The second-order valence-corrected chi connectivity index (χ2v) is 5.22. The molecule has 0 fully saturated rings. The third kappa shape index (κ3) is 4.94. The average molecular weight is 337 g/mol. The molecule has 0 spiro atoms. The summed E-state index contributed by atoms with van der Waals surface area (Å²) in [5, 5.41) is 15.6. The molecular weight excluding hydrogens is 324 g/mol. The maximum absolute atomic E-state index is 11.0. The highest BCUT2D eigenvalue weighted by atomic mass is 35.5. The lowest BCUT2D eigenvalue weighted by Gasteiger charge is -2.19. The van der Waals surface area contributed by atoms with Crippen molar-refractivity contribution in [3.05, 3.63) is 53.3 Å². The lowest BCUT2D eigenvalue weighted by molar-refractivity contribution is -0.137. The van der Waals surface area contributed by atoms with E-state index in [4.69, 9.17) is 28.9 Å². The van der Waals surface area contributed by atoms with E-state index in [1.54, 1.807) is 42.7 Å². The van der Waals surface area contributed by atoms with Crippen LogP contribution in [-0.2, 0) is 4.79 Å². The molecule has 0 aliphatic heterocycles. The number of thiocarbonyl (C=S) groups is 1. The number of benzene rings is 1. The van der Waals surface area contributed by atoms with Crippen molar-refractivity contribution in [2.24, 2.45) is 0 Å². The molecule has 1 aromatic heterocycles. The maximum atomic E-state index is 11.0. The number of carboxylic acids is 1. The first kappa shape index (κ1) is 16.1. The molecule has 0 bridgehead atoms. The number of halogens is 1. The first-order valence-corrected chi connectivity index (χ1v) is 7.15. The van der Waals surface area contributed by atoms with Gasteiger partial charge in [-0.3, -0.25) is 4.79 Å². The van der Waals surface area contributed by atoms with Gasteiger partial charge in [-0.15, -0.1) is 0 Å². The molecule has 22 heavy (non-hydrogen) atoms. The van der Waals surface area contributed by atoms with E-state index < -0.39 is 12.0 Å². The van der Waals surface area contributed by atoms with Crippen LogP contribution in [0.25, 0.3) is 0 Å². The molecule has 1 aromatic carbocycles. The number of hydrogen-bond acceptors (Lipinski definition) is 4. The highest BCUT2D eigenvalue weighted by Crippen LogP contribution is 2.20. The van der Waals surface area contributed by atoms with Crippen LogP contribution in [0, 0.1) is 0 Å². The van der Waals surface area contributed by atoms with Gasteiger partial charge in [0.15, 0.2) is 5.11 Å². The zero-order chi connectivity index (χ0) is 15.9. The summed E-state index contributed by atoms with van der Waals surface area (Å²) in [5.41, 5.74) is 0.730. The van der Waals surface area contributed by atoms with Gasteiger partial charge in [-0.25, -0.2) is 9.97 Å². The smallest absolute Gasteiger partial charge is 0.305 e. The molecule has 1 atom stereocenters. The molecule has 1 unspecified atom stereocenters. The Kier molecular flexibility index (Phi) is 5.62. The van der Waals surface area contributed by atoms with E-state index in [1.165, 1.54) is 0 Å². The molecule has 8 heteroatoms. The zero-order valence-electron chi connectivity index (χ0n) is 11.4. The molecule has 0 saturated carbocycles. The van der Waals surface area contributed by atoms with E-state index in [-0.39, 0.29) is 11.5 Å². The number of rotatable bonds is 5. The Morgan fingerprint density at radius 3 is 2.68 bits per heavy atom. The fourth-order valence-corrected chi connectivity index (χ4v) is 2.24.